The Labute approximate surface area is 101 Å². The summed E-state index contributed by atoms with van der Waals surface area (Å²) in [7, 11) is 0. The van der Waals surface area contributed by atoms with Gasteiger partial charge in [-0.15, -0.1) is 0 Å². The van der Waals surface area contributed by atoms with Gasteiger partial charge in [-0.05, 0) is 31.2 Å². The standard InChI is InChI=1S/C15H13NO/c1-2-16-14-6-4-3-5-12(14)13-9-11(10-17)7-8-15(13)16/h3-10H,2H2,1H3/i10D. The second-order valence-corrected chi connectivity index (χ2v) is 4.10. The fourth-order valence-electron chi connectivity index (χ4n) is 2.46. The number of hydrogen-bond donors (Lipinski definition) is 0. The summed E-state index contributed by atoms with van der Waals surface area (Å²) in [4.78, 5) is 11.2. The molecule has 0 radical (unpaired) electrons. The first kappa shape index (κ1) is 8.99. The van der Waals surface area contributed by atoms with E-state index >= 15 is 0 Å². The van der Waals surface area contributed by atoms with Gasteiger partial charge >= 0.3 is 0 Å². The van der Waals surface area contributed by atoms with Gasteiger partial charge in [0.15, 0.2) is 0 Å². The molecular formula is C15H13NO. The van der Waals surface area contributed by atoms with Gasteiger partial charge in [0.25, 0.3) is 0 Å². The van der Waals surface area contributed by atoms with Crippen LogP contribution in [0.1, 0.15) is 18.7 Å². The molecular weight excluding hydrogens is 210 g/mol. The average Bonchev–Trinajstić information content (AvgIpc) is 2.71. The molecule has 1 aromatic heterocycles. The number of para-hydroxylation sites is 1. The van der Waals surface area contributed by atoms with Crippen LogP contribution in [-0.4, -0.2) is 10.8 Å². The molecule has 0 aliphatic rings. The van der Waals surface area contributed by atoms with E-state index in [-0.39, 0.29) is 0 Å². The van der Waals surface area contributed by atoms with Gasteiger partial charge in [-0.3, -0.25) is 4.79 Å². The zero-order chi connectivity index (χ0) is 12.7. The Balaban J connectivity index is 2.48. The van der Waals surface area contributed by atoms with E-state index in [4.69, 9.17) is 1.37 Å². The lowest BCUT2D eigenvalue weighted by Gasteiger charge is -2.02. The van der Waals surface area contributed by atoms with E-state index in [0.29, 0.717) is 5.56 Å². The van der Waals surface area contributed by atoms with Gasteiger partial charge in [-0.25, -0.2) is 0 Å². The van der Waals surface area contributed by atoms with Crippen LogP contribution in [0.4, 0.5) is 0 Å². The highest BCUT2D eigenvalue weighted by atomic mass is 16.1. The summed E-state index contributed by atoms with van der Waals surface area (Å²) in [6.07, 6.45) is -0.634. The van der Waals surface area contributed by atoms with Crippen molar-refractivity contribution >= 4 is 28.1 Å². The number of hydrogen-bond acceptors (Lipinski definition) is 1. The summed E-state index contributed by atoms with van der Waals surface area (Å²) in [5.41, 5.74) is 2.73. The van der Waals surface area contributed by atoms with Gasteiger partial charge in [0.1, 0.15) is 7.63 Å². The number of aldehydes is 1. The maximum atomic E-state index is 11.2. The molecule has 0 N–H and O–H groups in total. The van der Waals surface area contributed by atoms with Gasteiger partial charge in [0.2, 0.25) is 0 Å². The van der Waals surface area contributed by atoms with Gasteiger partial charge in [-0.1, -0.05) is 18.2 Å². The summed E-state index contributed by atoms with van der Waals surface area (Å²) in [6.45, 7) is 2.99. The third kappa shape index (κ3) is 1.37. The molecule has 0 saturated heterocycles. The Hall–Kier alpha value is -2.09. The predicted octanol–water partition coefficient (Wildman–Crippen LogP) is 3.63. The first-order valence-corrected chi connectivity index (χ1v) is 5.74. The van der Waals surface area contributed by atoms with Gasteiger partial charge in [-0.2, -0.15) is 0 Å². The molecule has 2 nitrogen and oxygen atoms in total. The van der Waals surface area contributed by atoms with Crippen molar-refractivity contribution < 1.29 is 6.17 Å². The molecule has 0 unspecified atom stereocenters. The molecule has 17 heavy (non-hydrogen) atoms. The minimum atomic E-state index is -0.634. The Morgan fingerprint density at radius 2 is 1.94 bits per heavy atom. The van der Waals surface area contributed by atoms with Crippen molar-refractivity contribution in [1.29, 1.82) is 0 Å². The minimum absolute atomic E-state index is 0.446. The largest absolute Gasteiger partial charge is 0.341 e. The number of rotatable bonds is 2. The fourth-order valence-corrected chi connectivity index (χ4v) is 2.46. The Bertz CT molecular complexity index is 758. The molecule has 0 aliphatic carbocycles. The highest BCUT2D eigenvalue weighted by Crippen LogP contribution is 2.29. The molecule has 2 aromatic carbocycles. The third-order valence-electron chi connectivity index (χ3n) is 3.21. The maximum Gasteiger partial charge on any atom is 0.150 e. The predicted molar refractivity (Wildman–Crippen MR) is 70.5 cm³/mol. The second kappa shape index (κ2) is 3.74. The number of benzene rings is 2. The topological polar surface area (TPSA) is 22.0 Å². The summed E-state index contributed by atoms with van der Waals surface area (Å²) in [5.74, 6) is 0. The quantitative estimate of drug-likeness (QED) is 0.609. The first-order chi connectivity index (χ1) is 8.72. The van der Waals surface area contributed by atoms with Crippen molar-refractivity contribution in [3.05, 3.63) is 48.0 Å². The van der Waals surface area contributed by atoms with Crippen LogP contribution in [0.15, 0.2) is 42.5 Å². The van der Waals surface area contributed by atoms with Crippen LogP contribution < -0.4 is 0 Å². The maximum absolute atomic E-state index is 11.2. The minimum Gasteiger partial charge on any atom is -0.341 e. The van der Waals surface area contributed by atoms with Crippen molar-refractivity contribution in [3.63, 3.8) is 0 Å². The lowest BCUT2D eigenvalue weighted by Crippen LogP contribution is -1.92. The number of fused-ring (bicyclic) bond motifs is 3. The average molecular weight is 224 g/mol. The smallest absolute Gasteiger partial charge is 0.150 e. The van der Waals surface area contributed by atoms with Crippen LogP contribution in [0.2, 0.25) is 0 Å². The van der Waals surface area contributed by atoms with E-state index in [2.05, 4.69) is 23.6 Å². The zero-order valence-electron chi connectivity index (χ0n) is 10.6. The van der Waals surface area contributed by atoms with E-state index in [9.17, 15) is 4.79 Å². The van der Waals surface area contributed by atoms with Gasteiger partial charge < -0.3 is 4.57 Å². The molecule has 0 fully saturated rings. The summed E-state index contributed by atoms with van der Waals surface area (Å²) in [5, 5.41) is 2.18. The molecule has 3 aromatic rings. The number of aromatic nitrogens is 1. The highest BCUT2D eigenvalue weighted by molar-refractivity contribution is 6.09. The second-order valence-electron chi connectivity index (χ2n) is 4.10. The van der Waals surface area contributed by atoms with Crippen molar-refractivity contribution in [2.75, 3.05) is 0 Å². The monoisotopic (exact) mass is 224 g/mol. The Kier molecular flexibility index (Phi) is 1.98. The molecule has 0 amide bonds. The SMILES string of the molecule is [2H]C(=O)c1ccc2c(c1)c1ccccc1n2CC. The van der Waals surface area contributed by atoms with Crippen molar-refractivity contribution in [2.24, 2.45) is 0 Å². The van der Waals surface area contributed by atoms with Crippen molar-refractivity contribution in [1.82, 2.24) is 4.57 Å². The van der Waals surface area contributed by atoms with E-state index in [1.165, 1.54) is 5.52 Å². The number of carbonyl (C=O) groups excluding carboxylic acids is 1. The molecule has 2 heteroatoms. The fraction of sp³-hybridized carbons (Fsp3) is 0.133. The summed E-state index contributed by atoms with van der Waals surface area (Å²) < 4.78 is 9.43. The molecule has 0 bridgehead atoms. The summed E-state index contributed by atoms with van der Waals surface area (Å²) >= 11 is 0. The number of nitrogens with zero attached hydrogens (tertiary/aromatic N) is 1. The summed E-state index contributed by atoms with van der Waals surface area (Å²) in [6, 6.07) is 13.6. The molecule has 0 saturated carbocycles. The number of aryl methyl sites for hydroxylation is 1. The first-order valence-electron chi connectivity index (χ1n) is 6.24. The van der Waals surface area contributed by atoms with E-state index in [1.807, 2.05) is 24.3 Å². The molecule has 0 atom stereocenters. The van der Waals surface area contributed by atoms with Gasteiger partial charge in [0.05, 0.1) is 0 Å². The van der Waals surface area contributed by atoms with E-state index in [1.54, 1.807) is 6.07 Å². The zero-order valence-corrected chi connectivity index (χ0v) is 9.60. The van der Waals surface area contributed by atoms with E-state index in [0.717, 1.165) is 22.8 Å². The Morgan fingerprint density at radius 1 is 1.18 bits per heavy atom. The molecule has 3 rings (SSSR count). The van der Waals surface area contributed by atoms with Crippen molar-refractivity contribution in [2.45, 2.75) is 13.5 Å². The van der Waals surface area contributed by atoms with E-state index < -0.39 is 6.26 Å². The molecule has 84 valence electrons. The Morgan fingerprint density at radius 3 is 2.71 bits per heavy atom. The third-order valence-corrected chi connectivity index (χ3v) is 3.21. The highest BCUT2D eigenvalue weighted by Gasteiger charge is 2.08. The molecule has 1 heterocycles. The van der Waals surface area contributed by atoms with Crippen LogP contribution in [0.3, 0.4) is 0 Å². The van der Waals surface area contributed by atoms with Crippen LogP contribution in [0, 0.1) is 0 Å². The van der Waals surface area contributed by atoms with Crippen molar-refractivity contribution in [3.8, 4) is 0 Å². The van der Waals surface area contributed by atoms with Crippen LogP contribution >= 0.6 is 0 Å². The normalized spacial score (nSPS) is 11.9. The van der Waals surface area contributed by atoms with Crippen LogP contribution in [0.25, 0.3) is 21.8 Å². The molecule has 0 aliphatic heterocycles. The lowest BCUT2D eigenvalue weighted by atomic mass is 10.1. The molecule has 0 spiro atoms. The van der Waals surface area contributed by atoms with Crippen LogP contribution in [0.5, 0.6) is 0 Å². The number of carbonyl (C=O) groups is 1. The lowest BCUT2D eigenvalue weighted by molar-refractivity contribution is 0.112. The van der Waals surface area contributed by atoms with Gasteiger partial charge in [0, 0.05) is 33.9 Å². The van der Waals surface area contributed by atoms with Crippen LogP contribution in [-0.2, 0) is 6.54 Å².